The van der Waals surface area contributed by atoms with E-state index in [-0.39, 0.29) is 0 Å². The number of nitrogens with zero attached hydrogens (tertiary/aromatic N) is 3. The molecule has 0 bridgehead atoms. The SMILES string of the molecule is CCOc1n[nH]c(N2CCCC3CNCC32)n1. The first-order valence-corrected chi connectivity index (χ1v) is 6.41. The van der Waals surface area contributed by atoms with Crippen molar-refractivity contribution in [3.8, 4) is 6.01 Å². The summed E-state index contributed by atoms with van der Waals surface area (Å²) >= 11 is 0. The summed E-state index contributed by atoms with van der Waals surface area (Å²) in [7, 11) is 0. The zero-order chi connectivity index (χ0) is 11.7. The van der Waals surface area contributed by atoms with Crippen LogP contribution in [-0.4, -0.2) is 47.5 Å². The van der Waals surface area contributed by atoms with Gasteiger partial charge in [0.2, 0.25) is 5.95 Å². The molecule has 2 fully saturated rings. The number of anilines is 1. The second kappa shape index (κ2) is 4.52. The minimum absolute atomic E-state index is 0.454. The number of aromatic nitrogens is 3. The Balaban J connectivity index is 1.77. The third-order valence-corrected chi connectivity index (χ3v) is 3.68. The van der Waals surface area contributed by atoms with Crippen LogP contribution in [0.4, 0.5) is 5.95 Å². The average molecular weight is 237 g/mol. The van der Waals surface area contributed by atoms with E-state index >= 15 is 0 Å². The third-order valence-electron chi connectivity index (χ3n) is 3.68. The molecule has 2 atom stereocenters. The molecule has 0 radical (unpaired) electrons. The second-order valence-corrected chi connectivity index (χ2v) is 4.70. The van der Waals surface area contributed by atoms with Gasteiger partial charge in [-0.25, -0.2) is 5.10 Å². The third kappa shape index (κ3) is 1.97. The summed E-state index contributed by atoms with van der Waals surface area (Å²) in [5.74, 6) is 1.61. The fourth-order valence-corrected chi connectivity index (χ4v) is 2.89. The van der Waals surface area contributed by atoms with Crippen molar-refractivity contribution < 1.29 is 4.74 Å². The fourth-order valence-electron chi connectivity index (χ4n) is 2.89. The van der Waals surface area contributed by atoms with Gasteiger partial charge >= 0.3 is 6.01 Å². The van der Waals surface area contributed by atoms with E-state index in [0.29, 0.717) is 18.7 Å². The summed E-state index contributed by atoms with van der Waals surface area (Å²) in [6.07, 6.45) is 2.55. The normalized spacial score (nSPS) is 28.2. The maximum atomic E-state index is 5.29. The Morgan fingerprint density at radius 3 is 3.29 bits per heavy atom. The number of hydrogen-bond acceptors (Lipinski definition) is 5. The molecule has 1 aromatic heterocycles. The van der Waals surface area contributed by atoms with Gasteiger partial charge < -0.3 is 15.0 Å². The number of piperidine rings is 1. The first-order valence-electron chi connectivity index (χ1n) is 6.41. The van der Waals surface area contributed by atoms with Crippen molar-refractivity contribution in [3.05, 3.63) is 0 Å². The molecule has 0 aromatic carbocycles. The van der Waals surface area contributed by atoms with E-state index < -0.39 is 0 Å². The molecule has 0 spiro atoms. The number of ether oxygens (including phenoxy) is 1. The molecule has 17 heavy (non-hydrogen) atoms. The Morgan fingerprint density at radius 1 is 1.47 bits per heavy atom. The molecular formula is C11H19N5O. The molecule has 0 amide bonds. The lowest BCUT2D eigenvalue weighted by Crippen LogP contribution is -2.45. The van der Waals surface area contributed by atoms with E-state index in [4.69, 9.17) is 4.74 Å². The summed E-state index contributed by atoms with van der Waals surface area (Å²) in [6, 6.07) is 1.02. The highest BCUT2D eigenvalue weighted by atomic mass is 16.5. The van der Waals surface area contributed by atoms with Crippen LogP contribution in [0.1, 0.15) is 19.8 Å². The fraction of sp³-hybridized carbons (Fsp3) is 0.818. The smallest absolute Gasteiger partial charge is 0.337 e. The summed E-state index contributed by atoms with van der Waals surface area (Å²) < 4.78 is 5.29. The van der Waals surface area contributed by atoms with Crippen LogP contribution in [0, 0.1) is 5.92 Å². The molecule has 0 saturated carbocycles. The van der Waals surface area contributed by atoms with Crippen LogP contribution in [0.2, 0.25) is 0 Å². The molecule has 1 aromatic rings. The highest BCUT2D eigenvalue weighted by Crippen LogP contribution is 2.29. The van der Waals surface area contributed by atoms with Crippen LogP contribution in [-0.2, 0) is 0 Å². The van der Waals surface area contributed by atoms with E-state index in [1.54, 1.807) is 0 Å². The largest absolute Gasteiger partial charge is 0.463 e. The molecule has 2 saturated heterocycles. The molecule has 2 aliphatic heterocycles. The number of aromatic amines is 1. The van der Waals surface area contributed by atoms with Crippen molar-refractivity contribution >= 4 is 5.95 Å². The molecule has 2 aliphatic rings. The average Bonchev–Trinajstić information content (AvgIpc) is 2.96. The van der Waals surface area contributed by atoms with Crippen LogP contribution in [0.3, 0.4) is 0 Å². The summed E-state index contributed by atoms with van der Waals surface area (Å²) in [6.45, 7) is 5.78. The highest BCUT2D eigenvalue weighted by Gasteiger charge is 2.36. The number of fused-ring (bicyclic) bond motifs is 1. The minimum atomic E-state index is 0.454. The van der Waals surface area contributed by atoms with Gasteiger partial charge in [-0.1, -0.05) is 0 Å². The van der Waals surface area contributed by atoms with E-state index in [0.717, 1.165) is 31.5 Å². The topological polar surface area (TPSA) is 66.1 Å². The van der Waals surface area contributed by atoms with E-state index in [1.165, 1.54) is 12.8 Å². The Morgan fingerprint density at radius 2 is 2.41 bits per heavy atom. The van der Waals surface area contributed by atoms with E-state index in [2.05, 4.69) is 25.4 Å². The number of hydrogen-bond donors (Lipinski definition) is 2. The van der Waals surface area contributed by atoms with Crippen molar-refractivity contribution in [1.29, 1.82) is 0 Å². The lowest BCUT2D eigenvalue weighted by Gasteiger charge is -2.36. The molecule has 2 unspecified atom stereocenters. The van der Waals surface area contributed by atoms with Gasteiger partial charge in [-0.2, -0.15) is 4.98 Å². The van der Waals surface area contributed by atoms with Crippen LogP contribution in [0.5, 0.6) is 6.01 Å². The Labute approximate surface area is 101 Å². The van der Waals surface area contributed by atoms with E-state index in [9.17, 15) is 0 Å². The van der Waals surface area contributed by atoms with Gasteiger partial charge in [-0.3, -0.25) is 0 Å². The first kappa shape index (κ1) is 10.8. The zero-order valence-electron chi connectivity index (χ0n) is 10.1. The molecule has 3 rings (SSSR count). The molecule has 3 heterocycles. The standard InChI is InChI=1S/C11H19N5O/c1-2-17-11-13-10(14-15-11)16-5-3-4-8-6-12-7-9(8)16/h8-9,12H,2-7H2,1H3,(H,13,14,15). The molecule has 0 aliphatic carbocycles. The zero-order valence-corrected chi connectivity index (χ0v) is 10.1. The van der Waals surface area contributed by atoms with Crippen molar-refractivity contribution in [1.82, 2.24) is 20.5 Å². The van der Waals surface area contributed by atoms with Crippen LogP contribution >= 0.6 is 0 Å². The van der Waals surface area contributed by atoms with Gasteiger partial charge in [-0.05, 0) is 25.7 Å². The monoisotopic (exact) mass is 237 g/mol. The van der Waals surface area contributed by atoms with Gasteiger partial charge in [0, 0.05) is 25.7 Å². The maximum Gasteiger partial charge on any atom is 0.337 e. The Kier molecular flexibility index (Phi) is 2.88. The summed E-state index contributed by atoms with van der Waals surface area (Å²) in [4.78, 5) is 6.73. The van der Waals surface area contributed by atoms with Crippen LogP contribution < -0.4 is 15.0 Å². The minimum Gasteiger partial charge on any atom is -0.463 e. The van der Waals surface area contributed by atoms with Gasteiger partial charge in [0.25, 0.3) is 0 Å². The Hall–Kier alpha value is -1.30. The van der Waals surface area contributed by atoms with Crippen LogP contribution in [0.15, 0.2) is 0 Å². The quantitative estimate of drug-likeness (QED) is 0.796. The number of H-pyrrole nitrogens is 1. The predicted molar refractivity (Wildman–Crippen MR) is 64.3 cm³/mol. The molecule has 94 valence electrons. The predicted octanol–water partition coefficient (Wildman–Crippen LogP) is 0.392. The lowest BCUT2D eigenvalue weighted by atomic mass is 9.92. The van der Waals surface area contributed by atoms with Gasteiger partial charge in [0.15, 0.2) is 0 Å². The van der Waals surface area contributed by atoms with Gasteiger partial charge in [0.1, 0.15) is 0 Å². The number of nitrogens with one attached hydrogen (secondary N) is 2. The number of rotatable bonds is 3. The van der Waals surface area contributed by atoms with Gasteiger partial charge in [0.05, 0.1) is 6.61 Å². The molecule has 2 N–H and O–H groups in total. The summed E-state index contributed by atoms with van der Waals surface area (Å²) in [5.41, 5.74) is 0. The highest BCUT2D eigenvalue weighted by molar-refractivity contribution is 5.34. The molecular weight excluding hydrogens is 218 g/mol. The van der Waals surface area contributed by atoms with E-state index in [1.807, 2.05) is 6.92 Å². The van der Waals surface area contributed by atoms with Crippen molar-refractivity contribution in [2.75, 3.05) is 31.1 Å². The first-order chi connectivity index (χ1) is 8.38. The van der Waals surface area contributed by atoms with Crippen molar-refractivity contribution in [3.63, 3.8) is 0 Å². The maximum absolute atomic E-state index is 5.29. The molecule has 6 nitrogen and oxygen atoms in total. The van der Waals surface area contributed by atoms with Crippen molar-refractivity contribution in [2.45, 2.75) is 25.8 Å². The summed E-state index contributed by atoms with van der Waals surface area (Å²) in [5, 5.41) is 10.5. The lowest BCUT2D eigenvalue weighted by molar-refractivity contribution is 0.313. The molecule has 6 heteroatoms. The van der Waals surface area contributed by atoms with Crippen LogP contribution in [0.25, 0.3) is 0 Å². The van der Waals surface area contributed by atoms with Crippen molar-refractivity contribution in [2.24, 2.45) is 5.92 Å². The Bertz CT molecular complexity index is 380. The van der Waals surface area contributed by atoms with Gasteiger partial charge in [-0.15, -0.1) is 5.10 Å². The second-order valence-electron chi connectivity index (χ2n) is 4.70.